The molecule has 0 radical (unpaired) electrons. The third-order valence-corrected chi connectivity index (χ3v) is 1.85. The first-order valence-corrected chi connectivity index (χ1v) is 4.37. The molecule has 0 saturated carbocycles. The minimum atomic E-state index is 0.365. The molecular weight excluding hydrogens is 178 g/mol. The smallest absolute Gasteiger partial charge is 0.164 e. The summed E-state index contributed by atoms with van der Waals surface area (Å²) in [6, 6.07) is 3.90. The first kappa shape index (κ1) is 8.83. The summed E-state index contributed by atoms with van der Waals surface area (Å²) in [5.41, 5.74) is 6.50. The number of rotatable bonds is 3. The van der Waals surface area contributed by atoms with E-state index in [2.05, 4.69) is 20.2 Å². The summed E-state index contributed by atoms with van der Waals surface area (Å²) in [6.45, 7) is 0.365. The Morgan fingerprint density at radius 2 is 2.36 bits per heavy atom. The Morgan fingerprint density at radius 3 is 3.00 bits per heavy atom. The number of hydrogen-bond acceptors (Lipinski definition) is 4. The van der Waals surface area contributed by atoms with Crippen LogP contribution < -0.4 is 5.73 Å². The van der Waals surface area contributed by atoms with Gasteiger partial charge < -0.3 is 5.73 Å². The van der Waals surface area contributed by atoms with Crippen LogP contribution in [0.2, 0.25) is 0 Å². The van der Waals surface area contributed by atoms with Gasteiger partial charge in [-0.25, -0.2) is 4.98 Å². The lowest BCUT2D eigenvalue weighted by Gasteiger charge is -1.94. The highest BCUT2D eigenvalue weighted by molar-refractivity contribution is 5.13. The minimum absolute atomic E-state index is 0.365. The minimum Gasteiger partial charge on any atom is -0.324 e. The number of nitrogens with zero attached hydrogens (tertiary/aromatic N) is 3. The van der Waals surface area contributed by atoms with E-state index in [-0.39, 0.29) is 0 Å². The standard InChI is InChI=1S/C9H11N5/c10-5-9-12-8(13-14-9)4-7-2-1-3-11-6-7/h1-3,6H,4-5,10H2,(H,12,13,14). The fourth-order valence-corrected chi connectivity index (χ4v) is 1.20. The molecule has 0 spiro atoms. The molecule has 0 amide bonds. The maximum atomic E-state index is 5.40. The number of pyridine rings is 1. The number of nitrogens with one attached hydrogen (secondary N) is 1. The molecule has 2 aromatic heterocycles. The van der Waals surface area contributed by atoms with Crippen LogP contribution in [0.1, 0.15) is 17.2 Å². The van der Waals surface area contributed by atoms with Gasteiger partial charge in [0.25, 0.3) is 0 Å². The lowest BCUT2D eigenvalue weighted by Crippen LogP contribution is -1.98. The van der Waals surface area contributed by atoms with Gasteiger partial charge in [0.1, 0.15) is 5.82 Å². The van der Waals surface area contributed by atoms with Gasteiger partial charge in [-0.1, -0.05) is 6.07 Å². The van der Waals surface area contributed by atoms with E-state index in [0.29, 0.717) is 18.8 Å². The quantitative estimate of drug-likeness (QED) is 0.725. The van der Waals surface area contributed by atoms with Crippen molar-refractivity contribution in [3.63, 3.8) is 0 Å². The van der Waals surface area contributed by atoms with Crippen molar-refractivity contribution in [2.75, 3.05) is 0 Å². The van der Waals surface area contributed by atoms with Crippen LogP contribution in [0.3, 0.4) is 0 Å². The van der Waals surface area contributed by atoms with Crippen molar-refractivity contribution >= 4 is 0 Å². The number of nitrogens with two attached hydrogens (primary N) is 1. The first-order chi connectivity index (χ1) is 6.88. The predicted molar refractivity (Wildman–Crippen MR) is 51.3 cm³/mol. The Hall–Kier alpha value is -1.75. The molecule has 0 aliphatic carbocycles. The molecule has 2 heterocycles. The van der Waals surface area contributed by atoms with E-state index in [1.165, 1.54) is 0 Å². The lowest BCUT2D eigenvalue weighted by molar-refractivity contribution is 0.916. The molecule has 0 fully saturated rings. The third-order valence-electron chi connectivity index (χ3n) is 1.85. The van der Waals surface area contributed by atoms with Crippen molar-refractivity contribution in [3.8, 4) is 0 Å². The second-order valence-corrected chi connectivity index (χ2v) is 2.94. The van der Waals surface area contributed by atoms with Crippen LogP contribution in [0, 0.1) is 0 Å². The van der Waals surface area contributed by atoms with Crippen LogP contribution in [0.5, 0.6) is 0 Å². The summed E-state index contributed by atoms with van der Waals surface area (Å²) >= 11 is 0. The molecule has 0 unspecified atom stereocenters. The molecule has 5 heteroatoms. The molecule has 2 rings (SSSR count). The summed E-state index contributed by atoms with van der Waals surface area (Å²) in [5, 5.41) is 6.79. The Balaban J connectivity index is 2.11. The van der Waals surface area contributed by atoms with E-state index in [9.17, 15) is 0 Å². The van der Waals surface area contributed by atoms with Gasteiger partial charge in [0, 0.05) is 18.8 Å². The van der Waals surface area contributed by atoms with Crippen LogP contribution in [0.4, 0.5) is 0 Å². The van der Waals surface area contributed by atoms with E-state index >= 15 is 0 Å². The van der Waals surface area contributed by atoms with Gasteiger partial charge in [-0.2, -0.15) is 5.10 Å². The molecule has 14 heavy (non-hydrogen) atoms. The number of aromatic nitrogens is 4. The molecule has 3 N–H and O–H groups in total. The van der Waals surface area contributed by atoms with Crippen LogP contribution >= 0.6 is 0 Å². The molecule has 0 bridgehead atoms. The SMILES string of the molecule is NCc1n[nH]c(Cc2cccnc2)n1. The van der Waals surface area contributed by atoms with E-state index < -0.39 is 0 Å². The zero-order valence-electron chi connectivity index (χ0n) is 7.64. The van der Waals surface area contributed by atoms with Crippen molar-refractivity contribution in [2.24, 2.45) is 5.73 Å². The van der Waals surface area contributed by atoms with Gasteiger partial charge in [0.05, 0.1) is 6.54 Å². The molecule has 0 saturated heterocycles. The fraction of sp³-hybridized carbons (Fsp3) is 0.222. The summed E-state index contributed by atoms with van der Waals surface area (Å²) in [6.07, 6.45) is 4.26. The van der Waals surface area contributed by atoms with Crippen LogP contribution in [0.15, 0.2) is 24.5 Å². The average Bonchev–Trinajstić information content (AvgIpc) is 2.67. The summed E-state index contributed by atoms with van der Waals surface area (Å²) in [5.74, 6) is 1.46. The second-order valence-electron chi connectivity index (χ2n) is 2.94. The highest BCUT2D eigenvalue weighted by Crippen LogP contribution is 2.02. The topological polar surface area (TPSA) is 80.5 Å². The summed E-state index contributed by atoms with van der Waals surface area (Å²) in [7, 11) is 0. The van der Waals surface area contributed by atoms with Crippen LogP contribution in [-0.4, -0.2) is 20.2 Å². The molecular formula is C9H11N5. The van der Waals surface area contributed by atoms with Gasteiger partial charge in [-0.05, 0) is 11.6 Å². The molecule has 0 aliphatic heterocycles. The molecule has 0 aliphatic rings. The van der Waals surface area contributed by atoms with Gasteiger partial charge >= 0.3 is 0 Å². The van der Waals surface area contributed by atoms with Crippen molar-refractivity contribution in [1.82, 2.24) is 20.2 Å². The van der Waals surface area contributed by atoms with Crippen molar-refractivity contribution in [2.45, 2.75) is 13.0 Å². The average molecular weight is 189 g/mol. The van der Waals surface area contributed by atoms with Crippen molar-refractivity contribution in [3.05, 3.63) is 41.7 Å². The van der Waals surface area contributed by atoms with Crippen molar-refractivity contribution in [1.29, 1.82) is 0 Å². The van der Waals surface area contributed by atoms with Gasteiger partial charge in [-0.3, -0.25) is 10.1 Å². The lowest BCUT2D eigenvalue weighted by atomic mass is 10.2. The van der Waals surface area contributed by atoms with Gasteiger partial charge in [0.2, 0.25) is 0 Å². The monoisotopic (exact) mass is 189 g/mol. The normalized spacial score (nSPS) is 10.4. The summed E-state index contributed by atoms with van der Waals surface area (Å²) in [4.78, 5) is 8.23. The number of aromatic amines is 1. The Bertz CT molecular complexity index is 395. The zero-order chi connectivity index (χ0) is 9.80. The Labute approximate surface area is 81.4 Å². The number of H-pyrrole nitrogens is 1. The van der Waals surface area contributed by atoms with E-state index in [4.69, 9.17) is 5.73 Å². The maximum absolute atomic E-state index is 5.40. The Morgan fingerprint density at radius 1 is 1.43 bits per heavy atom. The third kappa shape index (κ3) is 1.94. The largest absolute Gasteiger partial charge is 0.324 e. The summed E-state index contributed by atoms with van der Waals surface area (Å²) < 4.78 is 0. The first-order valence-electron chi connectivity index (χ1n) is 4.37. The second kappa shape index (κ2) is 3.97. The zero-order valence-corrected chi connectivity index (χ0v) is 7.64. The van der Waals surface area contributed by atoms with E-state index in [0.717, 1.165) is 11.4 Å². The molecule has 0 aromatic carbocycles. The molecule has 72 valence electrons. The van der Waals surface area contributed by atoms with E-state index in [1.807, 2.05) is 18.3 Å². The molecule has 0 atom stereocenters. The molecule has 2 aromatic rings. The highest BCUT2D eigenvalue weighted by atomic mass is 15.2. The highest BCUT2D eigenvalue weighted by Gasteiger charge is 2.01. The van der Waals surface area contributed by atoms with Gasteiger partial charge in [-0.15, -0.1) is 0 Å². The fourth-order valence-electron chi connectivity index (χ4n) is 1.20. The number of hydrogen-bond donors (Lipinski definition) is 2. The molecule has 5 nitrogen and oxygen atoms in total. The predicted octanol–water partition coefficient (Wildman–Crippen LogP) is 0.249. The van der Waals surface area contributed by atoms with E-state index in [1.54, 1.807) is 6.20 Å². The van der Waals surface area contributed by atoms with Crippen LogP contribution in [-0.2, 0) is 13.0 Å². The van der Waals surface area contributed by atoms with Gasteiger partial charge in [0.15, 0.2) is 5.82 Å². The van der Waals surface area contributed by atoms with Crippen molar-refractivity contribution < 1.29 is 0 Å². The Kier molecular flexibility index (Phi) is 2.51. The van der Waals surface area contributed by atoms with Crippen LogP contribution in [0.25, 0.3) is 0 Å². The maximum Gasteiger partial charge on any atom is 0.164 e.